The van der Waals surface area contributed by atoms with Gasteiger partial charge in [0.15, 0.2) is 12.9 Å². The Labute approximate surface area is 170 Å². The molecular weight excluding hydrogens is 392 g/mol. The molecule has 0 atom stereocenters. The van der Waals surface area contributed by atoms with Crippen molar-refractivity contribution in [3.05, 3.63) is 59.2 Å². The van der Waals surface area contributed by atoms with E-state index in [4.69, 9.17) is 4.74 Å². The third-order valence-corrected chi connectivity index (χ3v) is 7.00. The minimum Gasteiger partial charge on any atom is -0.483 e. The molecule has 0 unspecified atom stereocenters. The number of para-hydroxylation sites is 1. The molecule has 0 aromatic heterocycles. The number of aldehydes is 1. The topological polar surface area (TPSA) is 84.0 Å². The molecule has 0 aliphatic carbocycles. The fraction of sp³-hybridized carbons (Fsp3) is 0.333. The highest BCUT2D eigenvalue weighted by molar-refractivity contribution is 7.89. The van der Waals surface area contributed by atoms with E-state index in [1.807, 2.05) is 13.0 Å². The predicted octanol–water partition coefficient (Wildman–Crippen LogP) is 2.03. The average Bonchev–Trinajstić information content (AvgIpc) is 2.72. The second-order valence-electron chi connectivity index (χ2n) is 7.00. The number of ether oxygens (including phenoxy) is 1. The Balaban J connectivity index is 1.59. The predicted molar refractivity (Wildman–Crippen MR) is 109 cm³/mol. The molecular formula is C21H24N2O5S. The molecule has 3 rings (SSSR count). The van der Waals surface area contributed by atoms with Crippen molar-refractivity contribution in [2.24, 2.45) is 0 Å². The highest BCUT2D eigenvalue weighted by atomic mass is 32.2. The van der Waals surface area contributed by atoms with Gasteiger partial charge < -0.3 is 9.64 Å². The maximum absolute atomic E-state index is 12.9. The summed E-state index contributed by atoms with van der Waals surface area (Å²) in [6.07, 6.45) is 0.677. The Morgan fingerprint density at radius 3 is 2.41 bits per heavy atom. The van der Waals surface area contributed by atoms with E-state index in [0.29, 0.717) is 41.1 Å². The Kier molecular flexibility index (Phi) is 6.34. The van der Waals surface area contributed by atoms with Gasteiger partial charge in [0.1, 0.15) is 5.75 Å². The van der Waals surface area contributed by atoms with Crippen molar-refractivity contribution in [2.75, 3.05) is 32.8 Å². The number of sulfonamides is 1. The van der Waals surface area contributed by atoms with Crippen LogP contribution in [0.2, 0.25) is 0 Å². The Hall–Kier alpha value is -2.71. The van der Waals surface area contributed by atoms with Crippen LogP contribution in [0.15, 0.2) is 47.4 Å². The van der Waals surface area contributed by atoms with E-state index in [2.05, 4.69) is 0 Å². The number of piperazine rings is 1. The summed E-state index contributed by atoms with van der Waals surface area (Å²) in [4.78, 5) is 25.3. The van der Waals surface area contributed by atoms with Crippen LogP contribution < -0.4 is 4.74 Å². The van der Waals surface area contributed by atoms with Crippen molar-refractivity contribution in [1.82, 2.24) is 9.21 Å². The summed E-state index contributed by atoms with van der Waals surface area (Å²) >= 11 is 0. The van der Waals surface area contributed by atoms with Gasteiger partial charge in [-0.15, -0.1) is 0 Å². The molecule has 29 heavy (non-hydrogen) atoms. The highest BCUT2D eigenvalue weighted by Gasteiger charge is 2.31. The van der Waals surface area contributed by atoms with Crippen molar-refractivity contribution in [1.29, 1.82) is 0 Å². The van der Waals surface area contributed by atoms with Crippen LogP contribution in [0.4, 0.5) is 0 Å². The van der Waals surface area contributed by atoms with Gasteiger partial charge in [0, 0.05) is 26.2 Å². The van der Waals surface area contributed by atoms with Crippen LogP contribution >= 0.6 is 0 Å². The summed E-state index contributed by atoms with van der Waals surface area (Å²) in [6, 6.07) is 12.0. The van der Waals surface area contributed by atoms with Gasteiger partial charge in [-0.2, -0.15) is 4.31 Å². The number of nitrogens with zero attached hydrogens (tertiary/aromatic N) is 2. The first kappa shape index (κ1) is 21.0. The summed E-state index contributed by atoms with van der Waals surface area (Å²) in [6.45, 7) is 4.55. The minimum atomic E-state index is -3.60. The SMILES string of the molecule is Cc1ccc(S(=O)(=O)N2CCN(C(=O)COc3ccccc3C=O)CC2)c(C)c1. The monoisotopic (exact) mass is 416 g/mol. The molecule has 2 aromatic carbocycles. The van der Waals surface area contributed by atoms with E-state index in [-0.39, 0.29) is 25.6 Å². The van der Waals surface area contributed by atoms with E-state index in [0.717, 1.165) is 5.56 Å². The molecule has 8 heteroatoms. The summed E-state index contributed by atoms with van der Waals surface area (Å²) in [7, 11) is -3.60. The third-order valence-electron chi connectivity index (χ3n) is 4.94. The van der Waals surface area contributed by atoms with Crippen LogP contribution in [-0.2, 0) is 14.8 Å². The number of benzene rings is 2. The normalized spacial score (nSPS) is 15.2. The highest BCUT2D eigenvalue weighted by Crippen LogP contribution is 2.22. The van der Waals surface area contributed by atoms with Crippen molar-refractivity contribution in [3.8, 4) is 5.75 Å². The van der Waals surface area contributed by atoms with E-state index >= 15 is 0 Å². The molecule has 0 N–H and O–H groups in total. The molecule has 1 aliphatic rings. The smallest absolute Gasteiger partial charge is 0.260 e. The van der Waals surface area contributed by atoms with Gasteiger partial charge in [-0.3, -0.25) is 9.59 Å². The number of amides is 1. The average molecular weight is 416 g/mol. The van der Waals surface area contributed by atoms with Gasteiger partial charge in [0.25, 0.3) is 5.91 Å². The Morgan fingerprint density at radius 2 is 1.76 bits per heavy atom. The number of carbonyl (C=O) groups is 2. The number of hydrogen-bond acceptors (Lipinski definition) is 5. The van der Waals surface area contributed by atoms with Gasteiger partial charge in [0.2, 0.25) is 10.0 Å². The molecule has 1 amide bonds. The van der Waals surface area contributed by atoms with Crippen LogP contribution in [-0.4, -0.2) is 62.6 Å². The minimum absolute atomic E-state index is 0.200. The fourth-order valence-electron chi connectivity index (χ4n) is 3.35. The van der Waals surface area contributed by atoms with E-state index in [1.54, 1.807) is 48.2 Å². The molecule has 1 fully saturated rings. The van der Waals surface area contributed by atoms with Gasteiger partial charge in [-0.05, 0) is 37.6 Å². The molecule has 7 nitrogen and oxygen atoms in total. The van der Waals surface area contributed by atoms with E-state index < -0.39 is 10.0 Å². The standard InChI is InChI=1S/C21H24N2O5S/c1-16-7-8-20(17(2)13-16)29(26,27)23-11-9-22(10-12-23)21(25)15-28-19-6-4-3-5-18(19)14-24/h3-8,13-14H,9-12,15H2,1-2H3. The first-order valence-corrected chi connectivity index (χ1v) is 10.8. The molecule has 1 heterocycles. The molecule has 0 saturated carbocycles. The quantitative estimate of drug-likeness (QED) is 0.673. The van der Waals surface area contributed by atoms with E-state index in [1.165, 1.54) is 4.31 Å². The largest absolute Gasteiger partial charge is 0.483 e. The second kappa shape index (κ2) is 8.75. The van der Waals surface area contributed by atoms with Crippen molar-refractivity contribution >= 4 is 22.2 Å². The third kappa shape index (κ3) is 4.65. The van der Waals surface area contributed by atoms with E-state index in [9.17, 15) is 18.0 Å². The van der Waals surface area contributed by atoms with Crippen LogP contribution in [0, 0.1) is 13.8 Å². The number of carbonyl (C=O) groups excluding carboxylic acids is 2. The molecule has 0 radical (unpaired) electrons. The van der Waals surface area contributed by atoms with Crippen LogP contribution in [0.5, 0.6) is 5.75 Å². The van der Waals surface area contributed by atoms with Gasteiger partial charge >= 0.3 is 0 Å². The molecule has 0 spiro atoms. The summed E-state index contributed by atoms with van der Waals surface area (Å²) < 4.78 is 32.8. The molecule has 1 saturated heterocycles. The lowest BCUT2D eigenvalue weighted by Gasteiger charge is -2.34. The number of rotatable bonds is 6. The zero-order valence-electron chi connectivity index (χ0n) is 16.5. The number of aryl methyl sites for hydroxylation is 2. The lowest BCUT2D eigenvalue weighted by atomic mass is 10.2. The summed E-state index contributed by atoms with van der Waals surface area (Å²) in [5, 5.41) is 0. The lowest BCUT2D eigenvalue weighted by molar-refractivity contribution is -0.134. The Morgan fingerprint density at radius 1 is 1.07 bits per heavy atom. The molecule has 0 bridgehead atoms. The van der Waals surface area contributed by atoms with Crippen LogP contribution in [0.25, 0.3) is 0 Å². The first-order valence-electron chi connectivity index (χ1n) is 9.35. The maximum atomic E-state index is 12.9. The van der Waals surface area contributed by atoms with Gasteiger partial charge in [-0.25, -0.2) is 8.42 Å². The zero-order valence-corrected chi connectivity index (χ0v) is 17.3. The molecule has 1 aliphatic heterocycles. The Bertz CT molecular complexity index is 1010. The second-order valence-corrected chi connectivity index (χ2v) is 8.90. The van der Waals surface area contributed by atoms with Crippen LogP contribution in [0.3, 0.4) is 0 Å². The first-order chi connectivity index (χ1) is 13.8. The van der Waals surface area contributed by atoms with Gasteiger partial charge in [0.05, 0.1) is 10.5 Å². The van der Waals surface area contributed by atoms with Crippen molar-refractivity contribution in [3.63, 3.8) is 0 Å². The van der Waals surface area contributed by atoms with Crippen molar-refractivity contribution < 1.29 is 22.7 Å². The van der Waals surface area contributed by atoms with Crippen molar-refractivity contribution in [2.45, 2.75) is 18.7 Å². The maximum Gasteiger partial charge on any atom is 0.260 e. The molecule has 154 valence electrons. The van der Waals surface area contributed by atoms with Gasteiger partial charge in [-0.1, -0.05) is 29.8 Å². The summed E-state index contributed by atoms with van der Waals surface area (Å²) in [5.41, 5.74) is 2.10. The molecule has 2 aromatic rings. The zero-order chi connectivity index (χ0) is 21.0. The fourth-order valence-corrected chi connectivity index (χ4v) is 4.97. The lowest BCUT2D eigenvalue weighted by Crippen LogP contribution is -2.51. The van der Waals surface area contributed by atoms with Crippen LogP contribution in [0.1, 0.15) is 21.5 Å². The summed E-state index contributed by atoms with van der Waals surface area (Å²) in [5.74, 6) is 0.112. The number of hydrogen-bond donors (Lipinski definition) is 0.